The molecule has 0 saturated heterocycles. The zero-order valence-corrected chi connectivity index (χ0v) is 12.2. The molecule has 3 N–H and O–H groups in total. The maximum absolute atomic E-state index is 11.9. The number of carbonyl (C=O) groups is 1. The minimum absolute atomic E-state index is 0. The van der Waals surface area contributed by atoms with Crippen molar-refractivity contribution in [2.45, 2.75) is 44.1 Å². The molecule has 1 aliphatic carbocycles. The average Bonchev–Trinajstić information content (AvgIpc) is 2.66. The number of hydrogen-bond acceptors (Lipinski definition) is 3. The lowest BCUT2D eigenvalue weighted by Crippen LogP contribution is -2.49. The number of hydrogen-bond donors (Lipinski definition) is 2. The summed E-state index contributed by atoms with van der Waals surface area (Å²) in [5.41, 5.74) is 6.57. The molecular weight excluding hydrogens is 264 g/mol. The van der Waals surface area contributed by atoms with E-state index >= 15 is 0 Å². The van der Waals surface area contributed by atoms with E-state index in [0.717, 1.165) is 25.7 Å². The summed E-state index contributed by atoms with van der Waals surface area (Å²) in [6.45, 7) is 0.544. The third-order valence-electron chi connectivity index (χ3n) is 3.64. The fourth-order valence-corrected chi connectivity index (χ4v) is 2.49. The van der Waals surface area contributed by atoms with E-state index in [1.807, 2.05) is 7.05 Å². The summed E-state index contributed by atoms with van der Waals surface area (Å²) in [5, 5.41) is 2.91. The van der Waals surface area contributed by atoms with Crippen molar-refractivity contribution in [3.05, 3.63) is 18.2 Å². The van der Waals surface area contributed by atoms with Gasteiger partial charge in [0.2, 0.25) is 0 Å². The number of imidazole rings is 1. The minimum atomic E-state index is -0.235. The second kappa shape index (κ2) is 6.91. The van der Waals surface area contributed by atoms with Gasteiger partial charge in [-0.3, -0.25) is 4.79 Å². The van der Waals surface area contributed by atoms with Crippen molar-refractivity contribution in [3.8, 4) is 0 Å². The van der Waals surface area contributed by atoms with Crippen LogP contribution in [0.2, 0.25) is 0 Å². The number of carbonyl (C=O) groups excluding carboxylic acids is 1. The third-order valence-corrected chi connectivity index (χ3v) is 3.64. The summed E-state index contributed by atoms with van der Waals surface area (Å²) in [5.74, 6) is -0.135. The molecule has 1 aromatic rings. The molecule has 0 radical (unpaired) electrons. The van der Waals surface area contributed by atoms with Crippen LogP contribution >= 0.6 is 12.4 Å². The summed E-state index contributed by atoms with van der Waals surface area (Å²) < 4.78 is 1.76. The Bertz CT molecular complexity index is 411. The second-order valence-corrected chi connectivity index (χ2v) is 5.38. The molecule has 1 saturated carbocycles. The van der Waals surface area contributed by atoms with Gasteiger partial charge in [0.25, 0.3) is 5.91 Å². The monoisotopic (exact) mass is 286 g/mol. The first-order valence-corrected chi connectivity index (χ1v) is 6.64. The van der Waals surface area contributed by atoms with Crippen molar-refractivity contribution in [3.63, 3.8) is 0 Å². The number of halogens is 1. The third kappa shape index (κ3) is 4.51. The Labute approximate surface area is 120 Å². The van der Waals surface area contributed by atoms with E-state index in [4.69, 9.17) is 5.73 Å². The van der Waals surface area contributed by atoms with Crippen molar-refractivity contribution < 1.29 is 4.79 Å². The molecule has 1 aliphatic rings. The van der Waals surface area contributed by atoms with Crippen LogP contribution in [0.25, 0.3) is 0 Å². The van der Waals surface area contributed by atoms with Crippen LogP contribution in [-0.2, 0) is 7.05 Å². The first kappa shape index (κ1) is 16.0. The predicted molar refractivity (Wildman–Crippen MR) is 77.4 cm³/mol. The SMILES string of the molecule is Cl.Cn1cnc(C(=O)NCC2(N)CCCCCC2)c1. The molecule has 1 aromatic heterocycles. The standard InChI is InChI=1S/C13H22N4O.ClH/c1-17-8-11(16-10-17)12(18)15-9-13(14)6-4-2-3-5-7-13;/h8,10H,2-7,9,14H2,1H3,(H,15,18);1H. The Hall–Kier alpha value is -1.07. The van der Waals surface area contributed by atoms with Gasteiger partial charge in [0, 0.05) is 25.3 Å². The van der Waals surface area contributed by atoms with Crippen molar-refractivity contribution in [2.24, 2.45) is 12.8 Å². The summed E-state index contributed by atoms with van der Waals surface area (Å²) in [6.07, 6.45) is 10.2. The molecule has 0 atom stereocenters. The van der Waals surface area contributed by atoms with E-state index in [1.165, 1.54) is 12.8 Å². The largest absolute Gasteiger partial charge is 0.349 e. The van der Waals surface area contributed by atoms with Gasteiger partial charge in [0.1, 0.15) is 5.69 Å². The molecule has 1 amide bonds. The number of aryl methyl sites for hydroxylation is 1. The zero-order chi connectivity index (χ0) is 13.0. The Morgan fingerprint density at radius 2 is 2.05 bits per heavy atom. The Morgan fingerprint density at radius 1 is 1.42 bits per heavy atom. The van der Waals surface area contributed by atoms with Crippen molar-refractivity contribution in [2.75, 3.05) is 6.54 Å². The molecule has 0 aliphatic heterocycles. The minimum Gasteiger partial charge on any atom is -0.349 e. The van der Waals surface area contributed by atoms with Gasteiger partial charge in [0.15, 0.2) is 0 Å². The van der Waals surface area contributed by atoms with Crippen LogP contribution in [0.1, 0.15) is 49.0 Å². The summed E-state index contributed by atoms with van der Waals surface area (Å²) in [6, 6.07) is 0. The van der Waals surface area contributed by atoms with Gasteiger partial charge in [0.05, 0.1) is 6.33 Å². The molecular formula is C13H23ClN4O. The van der Waals surface area contributed by atoms with Crippen LogP contribution in [-0.4, -0.2) is 27.5 Å². The Morgan fingerprint density at radius 3 is 2.58 bits per heavy atom. The van der Waals surface area contributed by atoms with Crippen LogP contribution < -0.4 is 11.1 Å². The highest BCUT2D eigenvalue weighted by Gasteiger charge is 2.26. The van der Waals surface area contributed by atoms with Crippen molar-refractivity contribution >= 4 is 18.3 Å². The van der Waals surface area contributed by atoms with Crippen LogP contribution in [0.4, 0.5) is 0 Å². The quantitative estimate of drug-likeness (QED) is 0.830. The lowest BCUT2D eigenvalue weighted by atomic mass is 9.91. The fraction of sp³-hybridized carbons (Fsp3) is 0.692. The van der Waals surface area contributed by atoms with Gasteiger partial charge in [-0.25, -0.2) is 4.98 Å². The maximum atomic E-state index is 11.9. The van der Waals surface area contributed by atoms with E-state index in [0.29, 0.717) is 12.2 Å². The van der Waals surface area contributed by atoms with E-state index in [9.17, 15) is 4.79 Å². The number of rotatable bonds is 3. The summed E-state index contributed by atoms with van der Waals surface area (Å²) >= 11 is 0. The van der Waals surface area contributed by atoms with Crippen molar-refractivity contribution in [1.82, 2.24) is 14.9 Å². The second-order valence-electron chi connectivity index (χ2n) is 5.38. The Balaban J connectivity index is 0.00000180. The number of nitrogens with zero attached hydrogens (tertiary/aromatic N) is 2. The molecule has 6 heteroatoms. The molecule has 0 spiro atoms. The molecule has 0 unspecified atom stereocenters. The van der Waals surface area contributed by atoms with E-state index in [-0.39, 0.29) is 23.9 Å². The molecule has 2 rings (SSSR count). The molecule has 19 heavy (non-hydrogen) atoms. The number of nitrogens with one attached hydrogen (secondary N) is 1. The molecule has 0 bridgehead atoms. The van der Waals surface area contributed by atoms with E-state index in [1.54, 1.807) is 17.1 Å². The van der Waals surface area contributed by atoms with E-state index in [2.05, 4.69) is 10.3 Å². The van der Waals surface area contributed by atoms with Crippen molar-refractivity contribution in [1.29, 1.82) is 0 Å². The van der Waals surface area contributed by atoms with Crippen LogP contribution in [0.3, 0.4) is 0 Å². The van der Waals surface area contributed by atoms with Gasteiger partial charge >= 0.3 is 0 Å². The van der Waals surface area contributed by atoms with Gasteiger partial charge < -0.3 is 15.6 Å². The maximum Gasteiger partial charge on any atom is 0.271 e. The predicted octanol–water partition coefficient (Wildman–Crippen LogP) is 1.62. The first-order valence-electron chi connectivity index (χ1n) is 6.64. The lowest BCUT2D eigenvalue weighted by molar-refractivity contribution is 0.0936. The Kier molecular flexibility index (Phi) is 5.82. The number of amides is 1. The summed E-state index contributed by atoms with van der Waals surface area (Å²) in [4.78, 5) is 15.9. The molecule has 5 nitrogen and oxygen atoms in total. The average molecular weight is 287 g/mol. The molecule has 0 aromatic carbocycles. The highest BCUT2D eigenvalue weighted by molar-refractivity contribution is 5.92. The highest BCUT2D eigenvalue weighted by Crippen LogP contribution is 2.24. The van der Waals surface area contributed by atoms with Crippen LogP contribution in [0.15, 0.2) is 12.5 Å². The smallest absolute Gasteiger partial charge is 0.271 e. The number of aromatic nitrogens is 2. The highest BCUT2D eigenvalue weighted by atomic mass is 35.5. The molecule has 1 fully saturated rings. The topological polar surface area (TPSA) is 72.9 Å². The lowest BCUT2D eigenvalue weighted by Gasteiger charge is -2.28. The zero-order valence-electron chi connectivity index (χ0n) is 11.4. The molecule has 108 valence electrons. The van der Waals surface area contributed by atoms with Crippen LogP contribution in [0, 0.1) is 0 Å². The fourth-order valence-electron chi connectivity index (χ4n) is 2.49. The van der Waals surface area contributed by atoms with Gasteiger partial charge in [-0.2, -0.15) is 0 Å². The van der Waals surface area contributed by atoms with Crippen LogP contribution in [0.5, 0.6) is 0 Å². The normalized spacial score (nSPS) is 18.2. The molecule has 1 heterocycles. The number of nitrogens with two attached hydrogens (primary N) is 1. The first-order chi connectivity index (χ1) is 8.59. The summed E-state index contributed by atoms with van der Waals surface area (Å²) in [7, 11) is 1.85. The van der Waals surface area contributed by atoms with E-state index < -0.39 is 0 Å². The van der Waals surface area contributed by atoms with Gasteiger partial charge in [-0.15, -0.1) is 12.4 Å². The van der Waals surface area contributed by atoms with Gasteiger partial charge in [-0.1, -0.05) is 25.7 Å². The van der Waals surface area contributed by atoms with Gasteiger partial charge in [-0.05, 0) is 12.8 Å².